The third-order valence-corrected chi connectivity index (χ3v) is 9.75. The molecule has 5 rings (SSSR count). The normalized spacial score (nSPS) is 20.5. The highest BCUT2D eigenvalue weighted by molar-refractivity contribution is 7.90. The third-order valence-electron chi connectivity index (χ3n) is 8.04. The number of carbonyl (C=O) groups is 3. The Balaban J connectivity index is 1.26. The molecule has 3 N–H and O–H groups in total. The molecule has 2 aromatic carbocycles. The molecule has 2 atom stereocenters. The monoisotopic (exact) mass is 593 g/mol. The van der Waals surface area contributed by atoms with Crippen molar-refractivity contribution in [2.75, 3.05) is 13.7 Å². The van der Waals surface area contributed by atoms with Crippen molar-refractivity contribution in [1.82, 2.24) is 16.0 Å². The molecule has 11 heteroatoms. The number of hydrogen-bond acceptors (Lipinski definition) is 8. The summed E-state index contributed by atoms with van der Waals surface area (Å²) < 4.78 is 36.4. The first-order valence-corrected chi connectivity index (χ1v) is 15.8. The number of amides is 2. The Morgan fingerprint density at radius 3 is 2.38 bits per heavy atom. The van der Waals surface area contributed by atoms with Gasteiger partial charge in [-0.3, -0.25) is 14.4 Å². The number of benzene rings is 2. The predicted octanol–water partition coefficient (Wildman–Crippen LogP) is 3.48. The first kappa shape index (κ1) is 29.5. The standard InChI is InChI=1S/C31H35N3O7S/c1-40-23-11-7-21(8-12-23)20-42(38,39)24-13-9-22(10-14-24)27-28(35)25(15-18-32-27)33-30(37)31(16-3-2-4-17-31)34-29(36)26-6-5-19-41-26/h5-14,19,25,27,32H,2-4,15-18,20H2,1H3,(H,33,37)(H,34,36). The Hall–Kier alpha value is -3.96. The van der Waals surface area contributed by atoms with Gasteiger partial charge in [0, 0.05) is 0 Å². The Morgan fingerprint density at radius 2 is 1.74 bits per heavy atom. The van der Waals surface area contributed by atoms with Crippen LogP contribution in [0.15, 0.2) is 76.2 Å². The van der Waals surface area contributed by atoms with Crippen LogP contribution < -0.4 is 20.7 Å². The number of ketones is 1. The molecule has 0 bridgehead atoms. The summed E-state index contributed by atoms with van der Waals surface area (Å²) in [4.78, 5) is 40.1. The van der Waals surface area contributed by atoms with Crippen LogP contribution in [-0.4, -0.2) is 51.3 Å². The van der Waals surface area contributed by atoms with Gasteiger partial charge in [0.1, 0.15) is 11.3 Å². The molecule has 2 amide bonds. The number of hydrogen-bond donors (Lipinski definition) is 3. The quantitative estimate of drug-likeness (QED) is 0.342. The Labute approximate surface area is 245 Å². The summed E-state index contributed by atoms with van der Waals surface area (Å²) in [5.74, 6) is -0.447. The molecule has 1 aromatic heterocycles. The van der Waals surface area contributed by atoms with Gasteiger partial charge in [-0.1, -0.05) is 43.5 Å². The number of piperidine rings is 1. The van der Waals surface area contributed by atoms with Crippen LogP contribution in [-0.2, 0) is 25.2 Å². The molecule has 2 unspecified atom stereocenters. The average molecular weight is 594 g/mol. The number of methoxy groups -OCH3 is 1. The smallest absolute Gasteiger partial charge is 0.287 e. The van der Waals surface area contributed by atoms with Crippen LogP contribution in [0.25, 0.3) is 0 Å². The molecule has 1 saturated heterocycles. The average Bonchev–Trinajstić information content (AvgIpc) is 3.55. The van der Waals surface area contributed by atoms with Gasteiger partial charge in [-0.2, -0.15) is 0 Å². The zero-order valence-electron chi connectivity index (χ0n) is 23.4. The molecule has 2 heterocycles. The Bertz CT molecular complexity index is 1510. The summed E-state index contributed by atoms with van der Waals surface area (Å²) in [5.41, 5.74) is 0.127. The van der Waals surface area contributed by atoms with Crippen molar-refractivity contribution in [3.8, 4) is 5.75 Å². The minimum Gasteiger partial charge on any atom is -0.497 e. The van der Waals surface area contributed by atoms with Gasteiger partial charge in [-0.05, 0) is 73.3 Å². The third kappa shape index (κ3) is 6.42. The predicted molar refractivity (Wildman–Crippen MR) is 155 cm³/mol. The van der Waals surface area contributed by atoms with Crippen LogP contribution in [0, 0.1) is 0 Å². The lowest BCUT2D eigenvalue weighted by Crippen LogP contribution is -2.63. The lowest BCUT2D eigenvalue weighted by molar-refractivity contribution is -0.134. The first-order chi connectivity index (χ1) is 20.2. The summed E-state index contributed by atoms with van der Waals surface area (Å²) in [6.07, 6.45) is 5.27. The van der Waals surface area contributed by atoms with E-state index in [9.17, 15) is 22.8 Å². The molecule has 0 spiro atoms. The lowest BCUT2D eigenvalue weighted by Gasteiger charge is -2.38. The van der Waals surface area contributed by atoms with E-state index in [0.29, 0.717) is 42.7 Å². The van der Waals surface area contributed by atoms with Gasteiger partial charge < -0.3 is 25.1 Å². The van der Waals surface area contributed by atoms with Gasteiger partial charge in [-0.15, -0.1) is 0 Å². The second kappa shape index (κ2) is 12.5. The molecule has 0 radical (unpaired) electrons. The molecule has 42 heavy (non-hydrogen) atoms. The molecule has 3 aromatic rings. The van der Waals surface area contributed by atoms with Gasteiger partial charge in [0.25, 0.3) is 5.91 Å². The highest BCUT2D eigenvalue weighted by Crippen LogP contribution is 2.30. The first-order valence-electron chi connectivity index (χ1n) is 14.1. The maximum atomic E-state index is 13.6. The number of sulfone groups is 1. The van der Waals surface area contributed by atoms with Crippen molar-refractivity contribution in [3.05, 3.63) is 83.8 Å². The van der Waals surface area contributed by atoms with E-state index in [4.69, 9.17) is 9.15 Å². The molecule has 2 aliphatic rings. The van der Waals surface area contributed by atoms with Crippen molar-refractivity contribution in [3.63, 3.8) is 0 Å². The molecule has 1 aliphatic heterocycles. The minimum atomic E-state index is -3.61. The van der Waals surface area contributed by atoms with Crippen molar-refractivity contribution in [1.29, 1.82) is 0 Å². The van der Waals surface area contributed by atoms with E-state index < -0.39 is 33.4 Å². The molecule has 10 nitrogen and oxygen atoms in total. The number of furan rings is 1. The zero-order valence-corrected chi connectivity index (χ0v) is 24.2. The number of Topliss-reactive ketones (excluding diaryl/α,β-unsaturated/α-hetero) is 1. The summed E-state index contributed by atoms with van der Waals surface area (Å²) in [6, 6.07) is 14.8. The van der Waals surface area contributed by atoms with Gasteiger partial charge in [-0.25, -0.2) is 8.42 Å². The van der Waals surface area contributed by atoms with E-state index in [1.54, 1.807) is 55.6 Å². The molecule has 2 fully saturated rings. The molecule has 222 valence electrons. The van der Waals surface area contributed by atoms with Crippen LogP contribution in [0.4, 0.5) is 0 Å². The summed E-state index contributed by atoms with van der Waals surface area (Å²) >= 11 is 0. The number of carbonyl (C=O) groups excluding carboxylic acids is 3. The number of nitrogens with one attached hydrogen (secondary N) is 3. The summed E-state index contributed by atoms with van der Waals surface area (Å²) in [7, 11) is -2.06. The van der Waals surface area contributed by atoms with Crippen LogP contribution in [0.3, 0.4) is 0 Å². The number of rotatable bonds is 9. The fourth-order valence-electron chi connectivity index (χ4n) is 5.68. The SMILES string of the molecule is COc1ccc(CS(=O)(=O)c2ccc(C3NCCC(NC(=O)C4(NC(=O)c5ccco5)CCCCC4)C3=O)cc2)cc1. The topological polar surface area (TPSA) is 144 Å². The minimum absolute atomic E-state index is 0.125. The highest BCUT2D eigenvalue weighted by atomic mass is 32.2. The van der Waals surface area contributed by atoms with Crippen LogP contribution >= 0.6 is 0 Å². The van der Waals surface area contributed by atoms with Crippen molar-refractivity contribution >= 4 is 27.4 Å². The van der Waals surface area contributed by atoms with Gasteiger partial charge >= 0.3 is 0 Å². The second-order valence-electron chi connectivity index (χ2n) is 10.9. The number of ether oxygens (including phenoxy) is 1. The molecular weight excluding hydrogens is 558 g/mol. The van der Waals surface area contributed by atoms with Gasteiger partial charge in [0.05, 0.1) is 36.1 Å². The van der Waals surface area contributed by atoms with Gasteiger partial charge in [0.2, 0.25) is 5.91 Å². The Morgan fingerprint density at radius 1 is 1.02 bits per heavy atom. The van der Waals surface area contributed by atoms with E-state index in [1.165, 1.54) is 18.4 Å². The lowest BCUT2D eigenvalue weighted by atomic mass is 9.80. The maximum absolute atomic E-state index is 13.6. The van der Waals surface area contributed by atoms with E-state index >= 15 is 0 Å². The molecule has 1 saturated carbocycles. The van der Waals surface area contributed by atoms with E-state index in [-0.39, 0.29) is 28.1 Å². The van der Waals surface area contributed by atoms with Crippen molar-refractivity contribution in [2.45, 2.75) is 66.8 Å². The maximum Gasteiger partial charge on any atom is 0.287 e. The van der Waals surface area contributed by atoms with Gasteiger partial charge in [0.15, 0.2) is 21.4 Å². The Kier molecular flexibility index (Phi) is 8.79. The van der Waals surface area contributed by atoms with E-state index in [2.05, 4.69) is 16.0 Å². The molecule has 1 aliphatic carbocycles. The summed E-state index contributed by atoms with van der Waals surface area (Å²) in [5, 5.41) is 9.01. The van der Waals surface area contributed by atoms with E-state index in [0.717, 1.165) is 19.3 Å². The summed E-state index contributed by atoms with van der Waals surface area (Å²) in [6.45, 7) is 0.477. The zero-order chi connectivity index (χ0) is 29.7. The molecular formula is C31H35N3O7S. The van der Waals surface area contributed by atoms with Crippen LogP contribution in [0.1, 0.15) is 66.2 Å². The van der Waals surface area contributed by atoms with Crippen LogP contribution in [0.2, 0.25) is 0 Å². The second-order valence-corrected chi connectivity index (χ2v) is 12.8. The van der Waals surface area contributed by atoms with Crippen molar-refractivity contribution in [2.24, 2.45) is 0 Å². The van der Waals surface area contributed by atoms with E-state index in [1.807, 2.05) is 0 Å². The fourth-order valence-corrected chi connectivity index (χ4v) is 7.03. The largest absolute Gasteiger partial charge is 0.497 e. The van der Waals surface area contributed by atoms with Crippen LogP contribution in [0.5, 0.6) is 5.75 Å². The van der Waals surface area contributed by atoms with Crippen molar-refractivity contribution < 1.29 is 32.0 Å². The fraction of sp³-hybridized carbons (Fsp3) is 0.387. The highest BCUT2D eigenvalue weighted by Gasteiger charge is 2.44.